The number of benzene rings is 2. The highest BCUT2D eigenvalue weighted by atomic mass is 16.2. The molecule has 4 nitrogen and oxygen atoms in total. The number of hydrogen-bond donors (Lipinski definition) is 1. The van der Waals surface area contributed by atoms with Gasteiger partial charge in [-0.2, -0.15) is 0 Å². The quantitative estimate of drug-likeness (QED) is 0.767. The lowest BCUT2D eigenvalue weighted by Gasteiger charge is -2.49. The van der Waals surface area contributed by atoms with Crippen molar-refractivity contribution in [1.82, 2.24) is 10.2 Å². The van der Waals surface area contributed by atoms with Crippen LogP contribution in [0.15, 0.2) is 60.7 Å². The Morgan fingerprint density at radius 3 is 2.26 bits per heavy atom. The summed E-state index contributed by atoms with van der Waals surface area (Å²) >= 11 is 0. The minimum absolute atomic E-state index is 0.0909. The van der Waals surface area contributed by atoms with Gasteiger partial charge in [-0.15, -0.1) is 0 Å². The van der Waals surface area contributed by atoms with E-state index in [0.717, 1.165) is 32.4 Å². The highest BCUT2D eigenvalue weighted by Crippen LogP contribution is 2.42. The second-order valence-electron chi connectivity index (χ2n) is 9.54. The lowest BCUT2D eigenvalue weighted by atomic mass is 9.77. The summed E-state index contributed by atoms with van der Waals surface area (Å²) in [6.45, 7) is 4.17. The van der Waals surface area contributed by atoms with Crippen LogP contribution in [0.25, 0.3) is 0 Å². The molecule has 1 N–H and O–H groups in total. The Labute approximate surface area is 186 Å². The fourth-order valence-corrected chi connectivity index (χ4v) is 6.39. The van der Waals surface area contributed by atoms with Gasteiger partial charge < -0.3 is 10.2 Å². The number of hydrogen-bond acceptors (Lipinski definition) is 3. The summed E-state index contributed by atoms with van der Waals surface area (Å²) in [6, 6.07) is 22.2. The van der Waals surface area contributed by atoms with Crippen molar-refractivity contribution in [3.63, 3.8) is 0 Å². The maximum absolute atomic E-state index is 13.3. The summed E-state index contributed by atoms with van der Waals surface area (Å²) in [5.41, 5.74) is 2.25. The third kappa shape index (κ3) is 3.65. The fraction of sp³-hybridized carbons (Fsp3) is 0.519. The lowest BCUT2D eigenvalue weighted by molar-refractivity contribution is -0.125. The number of amides is 1. The van der Waals surface area contributed by atoms with Gasteiger partial charge in [0.05, 0.1) is 0 Å². The average molecular weight is 418 g/mol. The van der Waals surface area contributed by atoms with Gasteiger partial charge in [0.1, 0.15) is 11.7 Å². The van der Waals surface area contributed by atoms with Gasteiger partial charge in [-0.05, 0) is 55.7 Å². The van der Waals surface area contributed by atoms with Crippen LogP contribution in [-0.2, 0) is 4.79 Å². The predicted octanol–water partition coefficient (Wildman–Crippen LogP) is 4.92. The van der Waals surface area contributed by atoms with Crippen molar-refractivity contribution in [3.8, 4) is 0 Å². The molecule has 4 heteroatoms. The molecule has 2 heterocycles. The number of carbonyl (C=O) groups is 1. The van der Waals surface area contributed by atoms with E-state index >= 15 is 0 Å². The molecular weight excluding hydrogens is 382 g/mol. The van der Waals surface area contributed by atoms with Gasteiger partial charge in [-0.3, -0.25) is 9.69 Å². The second-order valence-corrected chi connectivity index (χ2v) is 9.54. The number of rotatable bonds is 4. The van der Waals surface area contributed by atoms with Crippen molar-refractivity contribution >= 4 is 11.6 Å². The summed E-state index contributed by atoms with van der Waals surface area (Å²) in [5, 5.41) is 3.31. The number of piperidine rings is 1. The summed E-state index contributed by atoms with van der Waals surface area (Å²) in [5.74, 6) is 0.848. The number of nitrogens with one attached hydrogen (secondary N) is 1. The summed E-state index contributed by atoms with van der Waals surface area (Å²) in [4.78, 5) is 18.4. The van der Waals surface area contributed by atoms with Crippen molar-refractivity contribution in [2.75, 3.05) is 18.0 Å². The standard InChI is InChI=1S/C27H35N3O/c1-2-25-28-26(31)27(30(25)22-13-7-4-8-14-22)17-19-29(20-18-27)24-16-10-9-15-23(24)21-11-5-3-6-12-21/h3-8,11-14,23-25H,2,9-10,15-20H2,1H3,(H,28,31). The van der Waals surface area contributed by atoms with Crippen LogP contribution in [0.2, 0.25) is 0 Å². The molecule has 0 radical (unpaired) electrons. The molecule has 1 spiro atoms. The molecular formula is C27H35N3O. The van der Waals surface area contributed by atoms with Crippen LogP contribution >= 0.6 is 0 Å². The molecule has 2 aromatic rings. The topological polar surface area (TPSA) is 35.6 Å². The maximum atomic E-state index is 13.3. The largest absolute Gasteiger partial charge is 0.336 e. The van der Waals surface area contributed by atoms with Gasteiger partial charge >= 0.3 is 0 Å². The summed E-state index contributed by atoms with van der Waals surface area (Å²) < 4.78 is 0. The van der Waals surface area contributed by atoms with Crippen LogP contribution in [0, 0.1) is 0 Å². The maximum Gasteiger partial charge on any atom is 0.247 e. The Kier molecular flexibility index (Phi) is 5.75. The van der Waals surface area contributed by atoms with Crippen LogP contribution in [0.3, 0.4) is 0 Å². The van der Waals surface area contributed by atoms with E-state index in [4.69, 9.17) is 0 Å². The predicted molar refractivity (Wildman–Crippen MR) is 126 cm³/mol. The van der Waals surface area contributed by atoms with Gasteiger partial charge in [0.15, 0.2) is 0 Å². The van der Waals surface area contributed by atoms with Crippen LogP contribution in [-0.4, -0.2) is 41.6 Å². The van der Waals surface area contributed by atoms with E-state index in [-0.39, 0.29) is 12.1 Å². The molecule has 2 saturated heterocycles. The van der Waals surface area contributed by atoms with Crippen LogP contribution < -0.4 is 10.2 Å². The Balaban J connectivity index is 1.37. The first-order valence-corrected chi connectivity index (χ1v) is 12.2. The molecule has 2 aliphatic heterocycles. The van der Waals surface area contributed by atoms with Gasteiger partial charge in [-0.1, -0.05) is 68.3 Å². The minimum Gasteiger partial charge on any atom is -0.336 e. The van der Waals surface area contributed by atoms with Crippen molar-refractivity contribution in [3.05, 3.63) is 66.2 Å². The molecule has 1 saturated carbocycles. The zero-order chi connectivity index (χ0) is 21.3. The lowest BCUT2D eigenvalue weighted by Crippen LogP contribution is -2.59. The molecule has 164 valence electrons. The molecule has 2 aromatic carbocycles. The van der Waals surface area contributed by atoms with Crippen LogP contribution in [0.1, 0.15) is 63.4 Å². The Morgan fingerprint density at radius 2 is 1.58 bits per heavy atom. The highest BCUT2D eigenvalue weighted by molar-refractivity contribution is 5.94. The number of nitrogens with zero attached hydrogens (tertiary/aromatic N) is 2. The van der Waals surface area contributed by atoms with Crippen LogP contribution in [0.5, 0.6) is 0 Å². The second kappa shape index (κ2) is 8.66. The van der Waals surface area contributed by atoms with Crippen molar-refractivity contribution in [2.45, 2.75) is 75.5 Å². The molecule has 1 amide bonds. The molecule has 3 fully saturated rings. The average Bonchev–Trinajstić information content (AvgIpc) is 3.11. The molecule has 5 rings (SSSR count). The van der Waals surface area contributed by atoms with Crippen molar-refractivity contribution in [2.24, 2.45) is 0 Å². The van der Waals surface area contributed by atoms with Crippen molar-refractivity contribution in [1.29, 1.82) is 0 Å². The molecule has 3 atom stereocenters. The molecule has 3 aliphatic rings. The molecule has 31 heavy (non-hydrogen) atoms. The summed E-state index contributed by atoms with van der Waals surface area (Å²) in [6.07, 6.45) is 8.03. The zero-order valence-electron chi connectivity index (χ0n) is 18.7. The van der Waals surface area contributed by atoms with E-state index in [1.807, 2.05) is 0 Å². The van der Waals surface area contributed by atoms with E-state index in [9.17, 15) is 4.79 Å². The first kappa shape index (κ1) is 20.6. The number of carbonyl (C=O) groups excluding carboxylic acids is 1. The van der Waals surface area contributed by atoms with Gasteiger partial charge in [0.25, 0.3) is 0 Å². The first-order valence-electron chi connectivity index (χ1n) is 12.2. The van der Waals surface area contributed by atoms with E-state index in [0.29, 0.717) is 12.0 Å². The Bertz CT molecular complexity index is 876. The van der Waals surface area contributed by atoms with Gasteiger partial charge in [-0.25, -0.2) is 0 Å². The van der Waals surface area contributed by atoms with Gasteiger partial charge in [0, 0.05) is 24.8 Å². The molecule has 0 aromatic heterocycles. The minimum atomic E-state index is -0.407. The number of likely N-dealkylation sites (tertiary alicyclic amines) is 1. The number of para-hydroxylation sites is 1. The zero-order valence-corrected chi connectivity index (χ0v) is 18.7. The van der Waals surface area contributed by atoms with Crippen molar-refractivity contribution < 1.29 is 4.79 Å². The van der Waals surface area contributed by atoms with E-state index in [1.165, 1.54) is 36.9 Å². The third-order valence-corrected chi connectivity index (χ3v) is 7.97. The molecule has 1 aliphatic carbocycles. The van der Waals surface area contributed by atoms with E-state index < -0.39 is 5.54 Å². The van der Waals surface area contributed by atoms with E-state index in [1.54, 1.807) is 0 Å². The third-order valence-electron chi connectivity index (χ3n) is 7.97. The van der Waals surface area contributed by atoms with Crippen LogP contribution in [0.4, 0.5) is 5.69 Å². The monoisotopic (exact) mass is 417 g/mol. The summed E-state index contributed by atoms with van der Waals surface area (Å²) in [7, 11) is 0. The fourth-order valence-electron chi connectivity index (χ4n) is 6.39. The Hall–Kier alpha value is -2.33. The molecule has 0 bridgehead atoms. The Morgan fingerprint density at radius 1 is 0.935 bits per heavy atom. The number of anilines is 1. The normalized spacial score (nSPS) is 28.6. The van der Waals surface area contributed by atoms with Gasteiger partial charge in [0.2, 0.25) is 5.91 Å². The first-order chi connectivity index (χ1) is 15.2. The highest BCUT2D eigenvalue weighted by Gasteiger charge is 2.54. The smallest absolute Gasteiger partial charge is 0.247 e. The van der Waals surface area contributed by atoms with E-state index in [2.05, 4.69) is 82.7 Å². The molecule has 3 unspecified atom stereocenters. The SMILES string of the molecule is CCC1NC(=O)C2(CCN(C3CCCCC3c3ccccc3)CC2)N1c1ccccc1.